The lowest BCUT2D eigenvalue weighted by Gasteiger charge is -2.38. The Kier molecular flexibility index (Phi) is 13.8. The first-order valence-electron chi connectivity index (χ1n) is 12.3. The SMILES string of the molecule is CCSC[C@H](NC(=O)OCc1ccccc1)C(=S)N1CCN(Cc2ccc(OC)c(OC)c2OC)CC1.Cl. The zero-order chi connectivity index (χ0) is 26.6. The molecule has 1 aliphatic heterocycles. The first kappa shape index (κ1) is 31.8. The molecule has 38 heavy (non-hydrogen) atoms. The number of amides is 1. The Bertz CT molecular complexity index is 1020. The lowest BCUT2D eigenvalue weighted by atomic mass is 10.1. The third kappa shape index (κ3) is 8.83. The van der Waals surface area contributed by atoms with E-state index in [9.17, 15) is 4.79 Å². The van der Waals surface area contributed by atoms with E-state index < -0.39 is 6.09 Å². The van der Waals surface area contributed by atoms with Crippen LogP contribution < -0.4 is 19.5 Å². The van der Waals surface area contributed by atoms with Crippen LogP contribution in [-0.4, -0.2) is 85.9 Å². The molecule has 1 saturated heterocycles. The molecule has 11 heteroatoms. The molecular formula is C27H38ClN3O5S2. The maximum absolute atomic E-state index is 12.5. The summed E-state index contributed by atoms with van der Waals surface area (Å²) in [5.74, 6) is 3.59. The molecule has 0 spiro atoms. The van der Waals surface area contributed by atoms with Gasteiger partial charge in [0.15, 0.2) is 11.5 Å². The molecule has 0 bridgehead atoms. The Morgan fingerprint density at radius 1 is 1.00 bits per heavy atom. The number of hydrogen-bond donors (Lipinski definition) is 1. The van der Waals surface area contributed by atoms with Crippen LogP contribution in [0.25, 0.3) is 0 Å². The van der Waals surface area contributed by atoms with Gasteiger partial charge in [-0.1, -0.05) is 55.5 Å². The third-order valence-electron chi connectivity index (χ3n) is 6.16. The van der Waals surface area contributed by atoms with Gasteiger partial charge in [-0.25, -0.2) is 4.79 Å². The molecule has 1 fully saturated rings. The van der Waals surface area contributed by atoms with E-state index >= 15 is 0 Å². The van der Waals surface area contributed by atoms with E-state index in [2.05, 4.69) is 22.0 Å². The van der Waals surface area contributed by atoms with E-state index in [1.807, 2.05) is 42.5 Å². The van der Waals surface area contributed by atoms with Gasteiger partial charge in [-0.2, -0.15) is 11.8 Å². The van der Waals surface area contributed by atoms with E-state index in [1.165, 1.54) is 0 Å². The van der Waals surface area contributed by atoms with Gasteiger partial charge in [0.25, 0.3) is 0 Å². The number of nitrogens with one attached hydrogen (secondary N) is 1. The Morgan fingerprint density at radius 3 is 2.29 bits per heavy atom. The number of hydrogen-bond acceptors (Lipinski definition) is 8. The standard InChI is InChI=1S/C27H37N3O5S2.ClH/c1-5-37-19-22(28-27(31)35-18-20-9-7-6-8-10-20)26(36)30-15-13-29(14-16-30)17-21-11-12-23(32-2)25(34-4)24(21)33-3;/h6-12,22H,5,13-19H2,1-4H3,(H,28,31);1H/t22-;/m0./s1. The van der Waals surface area contributed by atoms with Crippen LogP contribution in [0, 0.1) is 0 Å². The number of carbonyl (C=O) groups is 1. The fourth-order valence-corrected chi connectivity index (χ4v) is 5.34. The van der Waals surface area contributed by atoms with E-state index in [-0.39, 0.29) is 25.1 Å². The molecule has 0 aliphatic carbocycles. The summed E-state index contributed by atoms with van der Waals surface area (Å²) in [7, 11) is 4.87. The van der Waals surface area contributed by atoms with Crippen LogP contribution in [0.1, 0.15) is 18.1 Å². The average Bonchev–Trinajstić information content (AvgIpc) is 2.94. The number of halogens is 1. The van der Waals surface area contributed by atoms with Crippen molar-refractivity contribution in [2.24, 2.45) is 0 Å². The number of rotatable bonds is 12. The summed E-state index contributed by atoms with van der Waals surface area (Å²) < 4.78 is 22.0. The highest BCUT2D eigenvalue weighted by Crippen LogP contribution is 2.40. The summed E-state index contributed by atoms with van der Waals surface area (Å²) in [6, 6.07) is 13.3. The molecule has 0 saturated carbocycles. The fraction of sp³-hybridized carbons (Fsp3) is 0.481. The molecule has 1 heterocycles. The minimum atomic E-state index is -0.452. The molecule has 1 aliphatic rings. The second-order valence-corrected chi connectivity index (χ2v) is 10.3. The quantitative estimate of drug-likeness (QED) is 0.360. The summed E-state index contributed by atoms with van der Waals surface area (Å²) in [5.41, 5.74) is 1.98. The smallest absolute Gasteiger partial charge is 0.408 e. The maximum atomic E-state index is 12.5. The molecule has 2 aromatic rings. The number of carbonyl (C=O) groups excluding carboxylic acids is 1. The van der Waals surface area contributed by atoms with Crippen LogP contribution in [0.15, 0.2) is 42.5 Å². The van der Waals surface area contributed by atoms with Gasteiger partial charge in [-0.3, -0.25) is 4.90 Å². The molecule has 210 valence electrons. The summed E-state index contributed by atoms with van der Waals surface area (Å²) >= 11 is 7.59. The predicted octanol–water partition coefficient (Wildman–Crippen LogP) is 4.63. The largest absolute Gasteiger partial charge is 0.493 e. The number of alkyl carbamates (subject to hydrolysis) is 1. The van der Waals surface area contributed by atoms with Crippen LogP contribution >= 0.6 is 36.4 Å². The van der Waals surface area contributed by atoms with Crippen molar-refractivity contribution in [2.75, 3.05) is 59.0 Å². The minimum Gasteiger partial charge on any atom is -0.493 e. The second-order valence-electron chi connectivity index (χ2n) is 8.51. The van der Waals surface area contributed by atoms with Crippen LogP contribution in [0.4, 0.5) is 4.79 Å². The summed E-state index contributed by atoms with van der Waals surface area (Å²) in [4.78, 5) is 17.8. The van der Waals surface area contributed by atoms with Gasteiger partial charge in [0, 0.05) is 44.0 Å². The fourth-order valence-electron chi connectivity index (χ4n) is 4.19. The van der Waals surface area contributed by atoms with Crippen LogP contribution in [-0.2, 0) is 17.9 Å². The van der Waals surface area contributed by atoms with Crippen molar-refractivity contribution in [3.05, 3.63) is 53.6 Å². The van der Waals surface area contributed by atoms with Gasteiger partial charge in [0.2, 0.25) is 5.75 Å². The third-order valence-corrected chi connectivity index (χ3v) is 7.68. The molecule has 1 N–H and O–H groups in total. The summed E-state index contributed by atoms with van der Waals surface area (Å²) in [5, 5.41) is 2.99. The lowest BCUT2D eigenvalue weighted by Crippen LogP contribution is -2.54. The monoisotopic (exact) mass is 583 g/mol. The summed E-state index contributed by atoms with van der Waals surface area (Å²) in [6.07, 6.45) is -0.452. The van der Waals surface area contributed by atoms with Crippen molar-refractivity contribution in [1.29, 1.82) is 0 Å². The first-order valence-corrected chi connectivity index (χ1v) is 13.9. The van der Waals surface area contributed by atoms with Crippen molar-refractivity contribution in [2.45, 2.75) is 26.1 Å². The number of thioether (sulfide) groups is 1. The normalized spacial score (nSPS) is 14.2. The highest BCUT2D eigenvalue weighted by molar-refractivity contribution is 7.99. The van der Waals surface area contributed by atoms with Gasteiger partial charge in [0.05, 0.1) is 27.4 Å². The zero-order valence-electron chi connectivity index (χ0n) is 22.4. The Morgan fingerprint density at radius 2 is 1.68 bits per heavy atom. The van der Waals surface area contributed by atoms with Gasteiger partial charge in [-0.15, -0.1) is 12.4 Å². The van der Waals surface area contributed by atoms with Gasteiger partial charge < -0.3 is 29.2 Å². The highest BCUT2D eigenvalue weighted by atomic mass is 35.5. The van der Waals surface area contributed by atoms with Crippen molar-refractivity contribution in [1.82, 2.24) is 15.1 Å². The van der Waals surface area contributed by atoms with Crippen molar-refractivity contribution >= 4 is 47.5 Å². The number of ether oxygens (including phenoxy) is 4. The molecule has 0 aromatic heterocycles. The van der Waals surface area contributed by atoms with E-state index in [0.717, 1.165) is 54.6 Å². The molecule has 3 rings (SSSR count). The first-order chi connectivity index (χ1) is 18.0. The highest BCUT2D eigenvalue weighted by Gasteiger charge is 2.27. The van der Waals surface area contributed by atoms with E-state index in [4.69, 9.17) is 31.2 Å². The molecule has 0 unspecified atom stereocenters. The Balaban J connectivity index is 0.00000507. The van der Waals surface area contributed by atoms with Crippen molar-refractivity contribution < 1.29 is 23.7 Å². The summed E-state index contributed by atoms with van der Waals surface area (Å²) in [6.45, 7) is 6.28. The van der Waals surface area contributed by atoms with Crippen molar-refractivity contribution in [3.63, 3.8) is 0 Å². The number of nitrogens with zero attached hydrogens (tertiary/aromatic N) is 2. The van der Waals surface area contributed by atoms with Crippen molar-refractivity contribution in [3.8, 4) is 17.2 Å². The number of piperazine rings is 1. The minimum absolute atomic E-state index is 0. The lowest BCUT2D eigenvalue weighted by molar-refractivity contribution is 0.137. The number of benzene rings is 2. The zero-order valence-corrected chi connectivity index (χ0v) is 24.9. The van der Waals surface area contributed by atoms with Gasteiger partial charge in [0.1, 0.15) is 11.6 Å². The van der Waals surface area contributed by atoms with Crippen LogP contribution in [0.5, 0.6) is 17.2 Å². The topological polar surface area (TPSA) is 72.5 Å². The maximum Gasteiger partial charge on any atom is 0.408 e. The van der Waals surface area contributed by atoms with E-state index in [1.54, 1.807) is 33.1 Å². The number of thiocarbonyl (C=S) groups is 1. The molecule has 1 atom stereocenters. The predicted molar refractivity (Wildman–Crippen MR) is 159 cm³/mol. The molecule has 0 radical (unpaired) electrons. The number of methoxy groups -OCH3 is 3. The van der Waals surface area contributed by atoms with Gasteiger partial charge in [-0.05, 0) is 17.4 Å². The van der Waals surface area contributed by atoms with Crippen LogP contribution in [0.2, 0.25) is 0 Å². The average molecular weight is 584 g/mol. The van der Waals surface area contributed by atoms with Gasteiger partial charge >= 0.3 is 6.09 Å². The second kappa shape index (κ2) is 16.5. The molecular weight excluding hydrogens is 546 g/mol. The molecule has 1 amide bonds. The Hall–Kier alpha value is -2.40. The molecule has 8 nitrogen and oxygen atoms in total. The van der Waals surface area contributed by atoms with Crippen LogP contribution in [0.3, 0.4) is 0 Å². The molecule has 2 aromatic carbocycles. The van der Waals surface area contributed by atoms with E-state index in [0.29, 0.717) is 23.0 Å². The Labute approximate surface area is 241 Å².